The molecule has 0 amide bonds. The number of rotatable bonds is 10. The van der Waals surface area contributed by atoms with Gasteiger partial charge < -0.3 is 14.9 Å². The largest absolute Gasteiger partial charge is 0.481 e. The van der Waals surface area contributed by atoms with Gasteiger partial charge in [0.1, 0.15) is 4.90 Å². The van der Waals surface area contributed by atoms with Gasteiger partial charge in [-0.25, -0.2) is 13.1 Å². The molecule has 0 aliphatic carbocycles. The fourth-order valence-corrected chi connectivity index (χ4v) is 2.84. The molecule has 0 radical (unpaired) electrons. The molecule has 0 aliphatic heterocycles. The molecule has 10 heteroatoms. The predicted octanol–water partition coefficient (Wildman–Crippen LogP) is -0.966. The summed E-state index contributed by atoms with van der Waals surface area (Å²) in [6, 6.07) is -0.549. The van der Waals surface area contributed by atoms with Gasteiger partial charge in [0.2, 0.25) is 10.0 Å². The highest BCUT2D eigenvalue weighted by Gasteiger charge is 2.21. The SMILES string of the molecule is COCC(CCO)NS(=O)(=O)c1cnn(CCC(=O)O)c1. The third-order valence-electron chi connectivity index (χ3n) is 2.64. The van der Waals surface area contributed by atoms with Gasteiger partial charge in [-0.15, -0.1) is 0 Å². The maximum absolute atomic E-state index is 12.1. The van der Waals surface area contributed by atoms with E-state index in [1.165, 1.54) is 18.0 Å². The van der Waals surface area contributed by atoms with Crippen LogP contribution in [0.3, 0.4) is 0 Å². The second-order valence-corrected chi connectivity index (χ2v) is 6.08. The highest BCUT2D eigenvalue weighted by Crippen LogP contribution is 2.09. The molecule has 1 heterocycles. The van der Waals surface area contributed by atoms with Gasteiger partial charge in [0.25, 0.3) is 0 Å². The summed E-state index contributed by atoms with van der Waals surface area (Å²) in [5.41, 5.74) is 0. The number of carboxylic acids is 1. The van der Waals surface area contributed by atoms with Crippen molar-refractivity contribution in [2.24, 2.45) is 0 Å². The standard InChI is InChI=1S/C11H19N3O6S/c1-20-8-9(3-5-15)13-21(18,19)10-6-12-14(7-10)4-2-11(16)17/h6-7,9,13,15H,2-5,8H2,1H3,(H,16,17). The first-order valence-corrected chi connectivity index (χ1v) is 7.73. The molecule has 1 aromatic heterocycles. The van der Waals surface area contributed by atoms with Crippen LogP contribution in [0.2, 0.25) is 0 Å². The summed E-state index contributed by atoms with van der Waals surface area (Å²) in [5.74, 6) is -0.990. The number of carbonyl (C=O) groups is 1. The molecule has 1 aromatic rings. The zero-order valence-corrected chi connectivity index (χ0v) is 12.4. The number of aliphatic hydroxyl groups excluding tert-OH is 1. The number of sulfonamides is 1. The molecule has 0 aromatic carbocycles. The molecule has 1 rings (SSSR count). The first kappa shape index (κ1) is 17.6. The fraction of sp³-hybridized carbons (Fsp3) is 0.636. The Morgan fingerprint density at radius 2 is 2.29 bits per heavy atom. The Balaban J connectivity index is 2.75. The smallest absolute Gasteiger partial charge is 0.305 e. The topological polar surface area (TPSA) is 131 Å². The lowest BCUT2D eigenvalue weighted by atomic mass is 10.2. The van der Waals surface area contributed by atoms with Crippen LogP contribution in [0.15, 0.2) is 17.3 Å². The van der Waals surface area contributed by atoms with Crippen LogP contribution in [-0.2, 0) is 26.1 Å². The Bertz CT molecular complexity index is 550. The second-order valence-electron chi connectivity index (χ2n) is 4.37. The minimum atomic E-state index is -3.79. The van der Waals surface area contributed by atoms with E-state index < -0.39 is 22.0 Å². The van der Waals surface area contributed by atoms with E-state index in [0.717, 1.165) is 6.20 Å². The van der Waals surface area contributed by atoms with Gasteiger partial charge in [0.15, 0.2) is 0 Å². The van der Waals surface area contributed by atoms with Crippen LogP contribution in [0.25, 0.3) is 0 Å². The van der Waals surface area contributed by atoms with Crippen LogP contribution in [0.1, 0.15) is 12.8 Å². The van der Waals surface area contributed by atoms with E-state index in [9.17, 15) is 13.2 Å². The third kappa shape index (κ3) is 5.79. The van der Waals surface area contributed by atoms with Gasteiger partial charge in [0.05, 0.1) is 25.8 Å². The van der Waals surface area contributed by atoms with Crippen molar-refractivity contribution in [3.05, 3.63) is 12.4 Å². The summed E-state index contributed by atoms with van der Waals surface area (Å²) in [6.07, 6.45) is 2.48. The predicted molar refractivity (Wildman–Crippen MR) is 72.2 cm³/mol. The summed E-state index contributed by atoms with van der Waals surface area (Å²) < 4.78 is 32.8. The summed E-state index contributed by atoms with van der Waals surface area (Å²) in [5, 5.41) is 21.3. The molecule has 0 aliphatic rings. The lowest BCUT2D eigenvalue weighted by Crippen LogP contribution is -2.38. The number of hydrogen-bond acceptors (Lipinski definition) is 6. The lowest BCUT2D eigenvalue weighted by Gasteiger charge is -2.16. The summed E-state index contributed by atoms with van der Waals surface area (Å²) in [4.78, 5) is 10.4. The Labute approximate surface area is 122 Å². The summed E-state index contributed by atoms with van der Waals surface area (Å²) in [6.45, 7) is 0.0460. The molecule has 0 saturated heterocycles. The second kappa shape index (κ2) is 8.08. The van der Waals surface area contributed by atoms with E-state index in [4.69, 9.17) is 14.9 Å². The Morgan fingerprint density at radius 1 is 1.57 bits per heavy atom. The number of hydrogen-bond donors (Lipinski definition) is 3. The number of aromatic nitrogens is 2. The summed E-state index contributed by atoms with van der Waals surface area (Å²) in [7, 11) is -2.36. The molecular weight excluding hydrogens is 302 g/mol. The Hall–Kier alpha value is -1.49. The van der Waals surface area contributed by atoms with E-state index in [1.807, 2.05) is 0 Å². The maximum Gasteiger partial charge on any atom is 0.305 e. The number of methoxy groups -OCH3 is 1. The minimum absolute atomic E-state index is 0.0630. The molecule has 1 unspecified atom stereocenters. The van der Waals surface area contributed by atoms with Gasteiger partial charge in [-0.3, -0.25) is 9.48 Å². The van der Waals surface area contributed by atoms with E-state index in [0.29, 0.717) is 0 Å². The van der Waals surface area contributed by atoms with Crippen molar-refractivity contribution in [1.82, 2.24) is 14.5 Å². The van der Waals surface area contributed by atoms with Crippen LogP contribution in [0.4, 0.5) is 0 Å². The number of ether oxygens (including phenoxy) is 1. The number of aryl methyl sites for hydroxylation is 1. The number of nitrogens with zero attached hydrogens (tertiary/aromatic N) is 2. The summed E-state index contributed by atoms with van der Waals surface area (Å²) >= 11 is 0. The van der Waals surface area contributed by atoms with E-state index in [1.54, 1.807) is 0 Å². The third-order valence-corrected chi connectivity index (χ3v) is 4.12. The van der Waals surface area contributed by atoms with E-state index in [2.05, 4.69) is 9.82 Å². The van der Waals surface area contributed by atoms with Crippen molar-refractivity contribution in [2.45, 2.75) is 30.3 Å². The molecule has 0 bridgehead atoms. The van der Waals surface area contributed by atoms with Gasteiger partial charge in [-0.05, 0) is 6.42 Å². The van der Waals surface area contributed by atoms with Crippen molar-refractivity contribution >= 4 is 16.0 Å². The van der Waals surface area contributed by atoms with Gasteiger partial charge in [-0.2, -0.15) is 5.10 Å². The van der Waals surface area contributed by atoms with Crippen LogP contribution in [-0.4, -0.2) is 60.7 Å². The number of carboxylic acid groups (broad SMARTS) is 1. The van der Waals surface area contributed by atoms with E-state index in [-0.39, 0.29) is 37.5 Å². The average Bonchev–Trinajstić information content (AvgIpc) is 2.86. The van der Waals surface area contributed by atoms with E-state index >= 15 is 0 Å². The molecule has 21 heavy (non-hydrogen) atoms. The highest BCUT2D eigenvalue weighted by molar-refractivity contribution is 7.89. The first-order valence-electron chi connectivity index (χ1n) is 6.25. The molecule has 0 fully saturated rings. The molecule has 0 spiro atoms. The van der Waals surface area contributed by atoms with Crippen molar-refractivity contribution in [1.29, 1.82) is 0 Å². The van der Waals surface area contributed by atoms with Crippen molar-refractivity contribution < 1.29 is 28.2 Å². The molecule has 1 atom stereocenters. The highest BCUT2D eigenvalue weighted by atomic mass is 32.2. The van der Waals surface area contributed by atoms with Gasteiger partial charge in [-0.1, -0.05) is 0 Å². The number of aliphatic hydroxyl groups is 1. The fourth-order valence-electron chi connectivity index (χ4n) is 1.64. The molecular formula is C11H19N3O6S. The van der Waals surface area contributed by atoms with Crippen molar-refractivity contribution in [3.63, 3.8) is 0 Å². The van der Waals surface area contributed by atoms with Crippen LogP contribution < -0.4 is 4.72 Å². The zero-order chi connectivity index (χ0) is 15.9. The van der Waals surface area contributed by atoms with Crippen molar-refractivity contribution in [3.8, 4) is 0 Å². The number of aliphatic carboxylic acids is 1. The molecule has 3 N–H and O–H groups in total. The van der Waals surface area contributed by atoms with Crippen LogP contribution >= 0.6 is 0 Å². The van der Waals surface area contributed by atoms with Gasteiger partial charge in [0, 0.05) is 26.0 Å². The van der Waals surface area contributed by atoms with Gasteiger partial charge >= 0.3 is 5.97 Å². The normalized spacial score (nSPS) is 13.2. The number of nitrogens with one attached hydrogen (secondary N) is 1. The zero-order valence-electron chi connectivity index (χ0n) is 11.6. The lowest BCUT2D eigenvalue weighted by molar-refractivity contribution is -0.137. The molecule has 0 saturated carbocycles. The Morgan fingerprint density at radius 3 is 2.86 bits per heavy atom. The molecule has 9 nitrogen and oxygen atoms in total. The molecule has 120 valence electrons. The Kier molecular flexibility index (Phi) is 6.75. The van der Waals surface area contributed by atoms with Crippen LogP contribution in [0, 0.1) is 0 Å². The maximum atomic E-state index is 12.1. The van der Waals surface area contributed by atoms with Crippen molar-refractivity contribution in [2.75, 3.05) is 20.3 Å². The average molecular weight is 321 g/mol. The quantitative estimate of drug-likeness (QED) is 0.505. The van der Waals surface area contributed by atoms with Crippen LogP contribution in [0.5, 0.6) is 0 Å². The first-order chi connectivity index (χ1) is 9.89. The monoisotopic (exact) mass is 321 g/mol. The minimum Gasteiger partial charge on any atom is -0.481 e.